The van der Waals surface area contributed by atoms with Crippen molar-refractivity contribution in [2.45, 2.75) is 44.0 Å². The van der Waals surface area contributed by atoms with E-state index in [9.17, 15) is 13.2 Å². The van der Waals surface area contributed by atoms with E-state index in [1.807, 2.05) is 11.9 Å². The Morgan fingerprint density at radius 3 is 2.62 bits per heavy atom. The maximum Gasteiger partial charge on any atom is 0.243 e. The molecule has 1 atom stereocenters. The van der Waals surface area contributed by atoms with Crippen LogP contribution in [0.4, 0.5) is 5.69 Å². The van der Waals surface area contributed by atoms with E-state index < -0.39 is 10.0 Å². The molecular weight excluding hydrogens is 326 g/mol. The van der Waals surface area contributed by atoms with Gasteiger partial charge in [0.25, 0.3) is 0 Å². The van der Waals surface area contributed by atoms with Crippen LogP contribution in [0.3, 0.4) is 0 Å². The molecule has 0 radical (unpaired) electrons. The van der Waals surface area contributed by atoms with Gasteiger partial charge in [-0.2, -0.15) is 4.31 Å². The van der Waals surface area contributed by atoms with Gasteiger partial charge in [-0.15, -0.1) is 0 Å². The molecule has 1 N–H and O–H groups in total. The van der Waals surface area contributed by atoms with Gasteiger partial charge in [-0.1, -0.05) is 13.0 Å². The standard InChI is InChI=1S/C17H27N3O3S/c1-4-14(2)19(3)13-17(21)18-15-8-7-9-16(12-15)24(22,23)20-10-5-6-11-20/h7-9,12,14H,4-6,10-11,13H2,1-3H3,(H,18,21). The predicted molar refractivity (Wildman–Crippen MR) is 95.4 cm³/mol. The summed E-state index contributed by atoms with van der Waals surface area (Å²) >= 11 is 0. The van der Waals surface area contributed by atoms with Crippen LogP contribution in [0.15, 0.2) is 29.2 Å². The Labute approximate surface area is 144 Å². The second-order valence-corrected chi connectivity index (χ2v) is 8.30. The number of hydrogen-bond acceptors (Lipinski definition) is 4. The van der Waals surface area contributed by atoms with Crippen molar-refractivity contribution in [3.05, 3.63) is 24.3 Å². The molecule has 7 heteroatoms. The van der Waals surface area contributed by atoms with Gasteiger partial charge in [-0.25, -0.2) is 8.42 Å². The third-order valence-corrected chi connectivity index (χ3v) is 6.45. The van der Waals surface area contributed by atoms with Crippen LogP contribution in [-0.4, -0.2) is 56.3 Å². The molecule has 1 heterocycles. The SMILES string of the molecule is CCC(C)N(C)CC(=O)Nc1cccc(S(=O)(=O)N2CCCC2)c1. The van der Waals surface area contributed by atoms with E-state index in [-0.39, 0.29) is 17.3 Å². The van der Waals surface area contributed by atoms with Crippen LogP contribution in [0.1, 0.15) is 33.1 Å². The van der Waals surface area contributed by atoms with Crippen molar-refractivity contribution in [3.8, 4) is 0 Å². The van der Waals surface area contributed by atoms with E-state index in [1.54, 1.807) is 18.2 Å². The zero-order chi connectivity index (χ0) is 17.7. The summed E-state index contributed by atoms with van der Waals surface area (Å²) in [6.45, 7) is 5.55. The number of hydrogen-bond donors (Lipinski definition) is 1. The minimum absolute atomic E-state index is 0.145. The first kappa shape index (κ1) is 18.9. The van der Waals surface area contributed by atoms with Crippen LogP contribution < -0.4 is 5.32 Å². The molecule has 1 aromatic carbocycles. The minimum atomic E-state index is -3.47. The van der Waals surface area contributed by atoms with E-state index in [0.29, 0.717) is 24.8 Å². The maximum atomic E-state index is 12.6. The smallest absolute Gasteiger partial charge is 0.243 e. The van der Waals surface area contributed by atoms with Crippen LogP contribution in [0.25, 0.3) is 0 Å². The zero-order valence-electron chi connectivity index (χ0n) is 14.7. The van der Waals surface area contributed by atoms with E-state index in [1.165, 1.54) is 10.4 Å². The number of nitrogens with zero attached hydrogens (tertiary/aromatic N) is 2. The zero-order valence-corrected chi connectivity index (χ0v) is 15.5. The summed E-state index contributed by atoms with van der Waals surface area (Å²) in [6.07, 6.45) is 2.77. The molecule has 0 spiro atoms. The van der Waals surface area contributed by atoms with Crippen LogP contribution >= 0.6 is 0 Å². The first-order chi connectivity index (χ1) is 11.3. The molecule has 2 rings (SSSR count). The van der Waals surface area contributed by atoms with Crippen molar-refractivity contribution < 1.29 is 13.2 Å². The Morgan fingerprint density at radius 2 is 2.00 bits per heavy atom. The molecule has 0 aromatic heterocycles. The molecule has 1 amide bonds. The highest BCUT2D eigenvalue weighted by Gasteiger charge is 2.27. The highest BCUT2D eigenvalue weighted by atomic mass is 32.2. The molecule has 0 bridgehead atoms. The summed E-state index contributed by atoms with van der Waals surface area (Å²) in [5, 5.41) is 2.79. The van der Waals surface area contributed by atoms with E-state index in [4.69, 9.17) is 0 Å². The Morgan fingerprint density at radius 1 is 1.33 bits per heavy atom. The number of carbonyl (C=O) groups is 1. The summed E-state index contributed by atoms with van der Waals surface area (Å²) in [5.74, 6) is -0.145. The predicted octanol–water partition coefficient (Wildman–Crippen LogP) is 2.14. The van der Waals surface area contributed by atoms with Crippen molar-refractivity contribution in [3.63, 3.8) is 0 Å². The normalized spacial score (nSPS) is 17.2. The first-order valence-electron chi connectivity index (χ1n) is 8.45. The van der Waals surface area contributed by atoms with Gasteiger partial charge in [0.1, 0.15) is 0 Å². The van der Waals surface area contributed by atoms with Gasteiger partial charge in [-0.05, 0) is 51.4 Å². The summed E-state index contributed by atoms with van der Waals surface area (Å²) in [7, 11) is -1.56. The van der Waals surface area contributed by atoms with Crippen LogP contribution in [0.2, 0.25) is 0 Å². The fourth-order valence-corrected chi connectivity index (χ4v) is 4.27. The average molecular weight is 353 g/mol. The number of carbonyl (C=O) groups excluding carboxylic acids is 1. The molecule has 1 aliphatic heterocycles. The quantitative estimate of drug-likeness (QED) is 0.815. The Kier molecular flexibility index (Phi) is 6.37. The molecule has 0 saturated carbocycles. The second-order valence-electron chi connectivity index (χ2n) is 6.36. The molecule has 134 valence electrons. The number of sulfonamides is 1. The first-order valence-corrected chi connectivity index (χ1v) is 9.89. The van der Waals surface area contributed by atoms with Gasteiger partial charge in [0.15, 0.2) is 0 Å². The second kappa shape index (κ2) is 8.09. The van der Waals surface area contributed by atoms with Crippen molar-refractivity contribution in [2.75, 3.05) is 32.0 Å². The molecule has 1 aliphatic rings. The van der Waals surface area contributed by atoms with E-state index in [2.05, 4.69) is 19.2 Å². The fourth-order valence-electron chi connectivity index (χ4n) is 2.71. The molecule has 1 unspecified atom stereocenters. The number of anilines is 1. The lowest BCUT2D eigenvalue weighted by Crippen LogP contribution is -2.36. The number of benzene rings is 1. The fraction of sp³-hybridized carbons (Fsp3) is 0.588. The lowest BCUT2D eigenvalue weighted by molar-refractivity contribution is -0.117. The summed E-state index contributed by atoms with van der Waals surface area (Å²) in [5.41, 5.74) is 0.512. The largest absolute Gasteiger partial charge is 0.325 e. The monoisotopic (exact) mass is 353 g/mol. The molecule has 24 heavy (non-hydrogen) atoms. The number of rotatable bonds is 7. The van der Waals surface area contributed by atoms with Gasteiger partial charge in [0.2, 0.25) is 15.9 Å². The number of nitrogens with one attached hydrogen (secondary N) is 1. The van der Waals surface area contributed by atoms with Crippen LogP contribution in [0.5, 0.6) is 0 Å². The van der Waals surface area contributed by atoms with Gasteiger partial charge in [0, 0.05) is 24.8 Å². The van der Waals surface area contributed by atoms with Gasteiger partial charge in [-0.3, -0.25) is 9.69 Å². The summed E-state index contributed by atoms with van der Waals surface area (Å²) in [4.78, 5) is 14.4. The Bertz CT molecular complexity index is 669. The van der Waals surface area contributed by atoms with Crippen LogP contribution in [-0.2, 0) is 14.8 Å². The molecule has 0 aliphatic carbocycles. The number of likely N-dealkylation sites (N-methyl/N-ethyl adjacent to an activating group) is 1. The van der Waals surface area contributed by atoms with Crippen molar-refractivity contribution in [1.29, 1.82) is 0 Å². The highest BCUT2D eigenvalue weighted by molar-refractivity contribution is 7.89. The lowest BCUT2D eigenvalue weighted by atomic mass is 10.2. The lowest BCUT2D eigenvalue weighted by Gasteiger charge is -2.22. The molecule has 6 nitrogen and oxygen atoms in total. The third-order valence-electron chi connectivity index (χ3n) is 4.56. The Balaban J connectivity index is 2.06. The van der Waals surface area contributed by atoms with Gasteiger partial charge >= 0.3 is 0 Å². The molecule has 1 aromatic rings. The molecular formula is C17H27N3O3S. The van der Waals surface area contributed by atoms with Gasteiger partial charge < -0.3 is 5.32 Å². The van der Waals surface area contributed by atoms with E-state index in [0.717, 1.165) is 19.3 Å². The highest BCUT2D eigenvalue weighted by Crippen LogP contribution is 2.23. The molecule has 1 fully saturated rings. The van der Waals surface area contributed by atoms with Crippen LogP contribution in [0, 0.1) is 0 Å². The molecule has 1 saturated heterocycles. The topological polar surface area (TPSA) is 69.7 Å². The van der Waals surface area contributed by atoms with Crippen molar-refractivity contribution in [1.82, 2.24) is 9.21 Å². The summed E-state index contributed by atoms with van der Waals surface area (Å²) in [6, 6.07) is 6.81. The average Bonchev–Trinajstić information content (AvgIpc) is 3.09. The van der Waals surface area contributed by atoms with Gasteiger partial charge in [0.05, 0.1) is 11.4 Å². The summed E-state index contributed by atoms with van der Waals surface area (Å²) < 4.78 is 26.7. The van der Waals surface area contributed by atoms with Crippen molar-refractivity contribution in [2.24, 2.45) is 0 Å². The maximum absolute atomic E-state index is 12.6. The minimum Gasteiger partial charge on any atom is -0.325 e. The third kappa shape index (κ3) is 4.55. The number of amides is 1. The van der Waals surface area contributed by atoms with Crippen molar-refractivity contribution >= 4 is 21.6 Å². The van der Waals surface area contributed by atoms with E-state index >= 15 is 0 Å². The Hall–Kier alpha value is -1.44.